The van der Waals surface area contributed by atoms with Crippen molar-refractivity contribution in [3.63, 3.8) is 0 Å². The molecule has 0 radical (unpaired) electrons. The molecule has 2 unspecified atom stereocenters. The number of carbonyl (C=O) groups excluding carboxylic acids is 13. The zero-order chi connectivity index (χ0) is 94.1. The van der Waals surface area contributed by atoms with Gasteiger partial charge in [-0.3, -0.25) is 102 Å². The van der Waals surface area contributed by atoms with Gasteiger partial charge in [-0.15, -0.1) is 16.9 Å². The number of azo groups is 1. The number of thioether (sulfide) groups is 1. The number of carbonyl (C=O) groups is 15. The van der Waals surface area contributed by atoms with Crippen LogP contribution in [0.2, 0.25) is 0 Å². The minimum absolute atomic E-state index is 0.0242. The summed E-state index contributed by atoms with van der Waals surface area (Å²) < 4.78 is 48.5. The molecule has 0 aromatic heterocycles. The number of nitrogens with one attached hydrogen (secondary N) is 10. The van der Waals surface area contributed by atoms with Crippen LogP contribution in [0, 0.1) is 25.2 Å². The summed E-state index contributed by atoms with van der Waals surface area (Å²) in [5, 5.41) is 70.4. The van der Waals surface area contributed by atoms with Gasteiger partial charge in [-0.25, -0.2) is 4.21 Å². The van der Waals surface area contributed by atoms with Crippen LogP contribution in [0.1, 0.15) is 93.7 Å². The molecule has 0 aliphatic carbocycles. The number of anilines is 2. The third kappa shape index (κ3) is 34.8. The molecule has 5 aromatic rings. The predicted molar refractivity (Wildman–Crippen MR) is 471 cm³/mol. The summed E-state index contributed by atoms with van der Waals surface area (Å²) in [4.78, 5) is 206. The number of aromatic hydroxyl groups is 1. The van der Waals surface area contributed by atoms with Gasteiger partial charge in [0.05, 0.1) is 59.1 Å². The lowest BCUT2D eigenvalue weighted by atomic mass is 9.90. The van der Waals surface area contributed by atoms with Crippen molar-refractivity contribution in [2.24, 2.45) is 21.9 Å². The highest BCUT2D eigenvalue weighted by Gasteiger charge is 2.40. The number of carboxylic acid groups (broad SMARTS) is 2. The molecule has 8 rings (SSSR count). The number of benzene rings is 5. The highest BCUT2D eigenvalue weighted by Crippen LogP contribution is 2.41. The Morgan fingerprint density at radius 2 is 1.24 bits per heavy atom. The molecule has 18 N–H and O–H groups in total. The van der Waals surface area contributed by atoms with Crippen LogP contribution < -0.4 is 59.3 Å². The summed E-state index contributed by atoms with van der Waals surface area (Å²) in [6.07, 6.45) is -0.707. The van der Waals surface area contributed by atoms with Gasteiger partial charge in [-0.05, 0) is 142 Å². The van der Waals surface area contributed by atoms with E-state index in [1.807, 2.05) is 34.9 Å². The van der Waals surface area contributed by atoms with Crippen molar-refractivity contribution in [1.29, 1.82) is 5.41 Å². The van der Waals surface area contributed by atoms with Crippen LogP contribution in [0.4, 0.5) is 22.7 Å². The molecule has 3 heterocycles. The zero-order valence-electron chi connectivity index (χ0n) is 71.2. The maximum Gasteiger partial charge on any atom is 0.335 e. The Morgan fingerprint density at radius 3 is 1.86 bits per heavy atom. The van der Waals surface area contributed by atoms with Crippen LogP contribution in [-0.4, -0.2) is 299 Å². The van der Waals surface area contributed by atoms with Gasteiger partial charge in [0.2, 0.25) is 59.1 Å². The number of imide groups is 1. The summed E-state index contributed by atoms with van der Waals surface area (Å²) in [6.45, 7) is 4.88. The number of guanidine groups is 1. The second-order valence-corrected chi connectivity index (χ2v) is 32.8. The number of ketones is 1. The first-order chi connectivity index (χ1) is 61.8. The Kier molecular flexibility index (Phi) is 43.2. The molecular weight excluding hydrogens is 1740 g/mol. The number of rotatable bonds is 41. The Labute approximate surface area is 752 Å². The number of phenols is 1. The van der Waals surface area contributed by atoms with Crippen LogP contribution in [0.25, 0.3) is 21.9 Å². The minimum atomic E-state index is -2.35. The average molecular weight is 1850 g/mol. The zero-order valence-corrected chi connectivity index (χ0v) is 73.6. The van der Waals surface area contributed by atoms with E-state index in [-0.39, 0.29) is 194 Å². The summed E-state index contributed by atoms with van der Waals surface area (Å²) >= 11 is -2.18. The summed E-state index contributed by atoms with van der Waals surface area (Å²) in [5.41, 5.74) is 16.3. The van der Waals surface area contributed by atoms with Crippen LogP contribution in [0.5, 0.6) is 5.75 Å². The number of fused-ring (bicyclic) bond motifs is 1. The van der Waals surface area contributed by atoms with E-state index in [2.05, 4.69) is 58.1 Å². The maximum atomic E-state index is 14.6. The standard InChI is InChI=1S/C83H109N19O22S2.O2S/c1-51-37-54(55-17-21-60(52(2)38-55)96-97-61-22-18-57-68(126(121)122)23-19-58(84)76(57)77(61)115)16-20-59(51)93-80(118)63(91-71(108)44-98-29-30-99(45-75(113)114)32-34-101(48-124-50-104)36-35-100(33-31-98)47-123-49-103)13-6-8-25-87-69(106)24-28-102-73(110)42-67(82(102)120)125-46-72(109)88-26-9-7-14-64-81(119)95-62(15-10-27-89-83(85)86)79(117)90-43-70(107)92-65(41-74(111)112)66(105)40-56(78(116)94-64)39-53-11-4-3-5-12-53;1-3-2/h3-5,11-12,16-23,37-38,49-50,56,62-65,67,115H,6-10,13-15,24-36,39-48,84H2,1-2H3,(H,87,106)(H,88,109)(H,90,117)(H,91,108)(H,92,107)(H,93,118)(H,94,116)(H,95,119)(H,111,112)(H,113,114)(H,121,122)(H4,85,86,89);/t56-,62+,63-,64-,65+,67?;/m1./s1. The number of likely N-dealkylation sites (tertiary alicyclic amines) is 1. The quantitative estimate of drug-likeness (QED) is 0.00374. The van der Waals surface area contributed by atoms with E-state index in [9.17, 15) is 96.0 Å². The first-order valence-electron chi connectivity index (χ1n) is 41.3. The number of Topliss-reactive ketones (excluding diaryl/α,β-unsaturated/α-hetero) is 1. The van der Waals surface area contributed by atoms with Crippen molar-refractivity contribution in [2.75, 3.05) is 128 Å². The normalized spacial score (nSPS) is 18.5. The molecule has 0 saturated carbocycles. The topological polar surface area (TPSA) is 632 Å². The lowest BCUT2D eigenvalue weighted by Gasteiger charge is -2.33. The Bertz CT molecular complexity index is 4910. The van der Waals surface area contributed by atoms with Gasteiger partial charge < -0.3 is 88.7 Å². The van der Waals surface area contributed by atoms with Crippen LogP contribution in [-0.2, 0) is 110 Å². The number of amides is 10. The Morgan fingerprint density at radius 1 is 0.659 bits per heavy atom. The van der Waals surface area contributed by atoms with E-state index < -0.39 is 154 Å². The van der Waals surface area contributed by atoms with Crippen molar-refractivity contribution in [3.05, 3.63) is 108 Å². The third-order valence-electron chi connectivity index (χ3n) is 21.1. The average Bonchev–Trinajstić information content (AvgIpc) is 1.34. The number of ether oxygens (including phenoxy) is 2. The number of aliphatic carboxylic acids is 2. The highest BCUT2D eigenvalue weighted by atomic mass is 32.2. The number of hydrogen-bond acceptors (Lipinski definition) is 30. The maximum absolute atomic E-state index is 14.6. The highest BCUT2D eigenvalue weighted by molar-refractivity contribution is 8.01. The van der Waals surface area contributed by atoms with E-state index in [0.717, 1.165) is 27.8 Å². The molecule has 3 aliphatic rings. The summed E-state index contributed by atoms with van der Waals surface area (Å²) in [6, 6.07) is 19.8. The summed E-state index contributed by atoms with van der Waals surface area (Å²) in [5.74, 6) is -11.9. The number of phenolic OH excluding ortho intramolecular Hbond substituents is 1. The summed E-state index contributed by atoms with van der Waals surface area (Å²) in [7, 11) is 0. The van der Waals surface area contributed by atoms with Crippen molar-refractivity contribution in [2.45, 2.75) is 132 Å². The first-order valence-corrected chi connectivity index (χ1v) is 44.2. The number of nitrogens with two attached hydrogens (primary N) is 2. The Hall–Kier alpha value is -12.6. The van der Waals surface area contributed by atoms with Gasteiger partial charge in [0.1, 0.15) is 37.3 Å². The fraction of sp³-hybridized carbons (Fsp3) is 0.470. The molecule has 3 fully saturated rings. The van der Waals surface area contributed by atoms with Gasteiger partial charge in [-0.1, -0.05) is 48.5 Å². The van der Waals surface area contributed by atoms with E-state index in [1.165, 1.54) is 24.3 Å². The van der Waals surface area contributed by atoms with Crippen molar-refractivity contribution in [1.82, 2.24) is 67.0 Å². The van der Waals surface area contributed by atoms with Crippen molar-refractivity contribution in [3.8, 4) is 16.9 Å². The molecule has 10 amide bonds. The minimum Gasteiger partial charge on any atom is -0.505 e. The SMILES string of the molecule is Cc1cc(-c2ccc(NC(=O)[C@@H](CCCCNC(=O)CCN3C(=O)CC(SCC(=O)NCCCC[C@H]4NC(=O)[C@H](Cc5ccccc5)CC(=O)[C@H](CC(=O)O)NC(=O)CNC(=O)[C@H](CCCNC(=N)N)NC4=O)C3=O)NC(=O)CN3CCN(COC=O)CCN(COC=O)CCN(CC(=O)O)CC3)c(C)c2)ccc1N=Nc1ccc2c(S(=O)O)ccc(N)c2c1O.O=S=O. The number of nitrogen functional groups attached to an aromatic ring is 1. The molecule has 129 heavy (non-hydrogen) atoms. The fourth-order valence-corrected chi connectivity index (χ4v) is 15.8. The molecule has 46 heteroatoms. The molecule has 698 valence electrons. The van der Waals surface area contributed by atoms with E-state index in [4.69, 9.17) is 34.8 Å². The number of aryl methyl sites for hydroxylation is 2. The molecule has 3 saturated heterocycles. The predicted octanol–water partition coefficient (Wildman–Crippen LogP) is 0.692. The molecule has 7 atom stereocenters. The van der Waals surface area contributed by atoms with E-state index >= 15 is 0 Å². The van der Waals surface area contributed by atoms with Crippen molar-refractivity contribution < 1.29 is 114 Å². The first kappa shape index (κ1) is 103. The van der Waals surface area contributed by atoms with Crippen LogP contribution in [0.3, 0.4) is 0 Å². The third-order valence-corrected chi connectivity index (χ3v) is 23.1. The molecule has 0 bridgehead atoms. The number of hydrogen-bond donors (Lipinski definition) is 16. The smallest absolute Gasteiger partial charge is 0.335 e. The fourth-order valence-electron chi connectivity index (χ4n) is 14.3. The van der Waals surface area contributed by atoms with E-state index in [1.54, 1.807) is 65.3 Å². The number of carboxylic acids is 2. The molecule has 43 nitrogen and oxygen atoms in total. The monoisotopic (exact) mass is 1850 g/mol. The molecular formula is C83H109N19O24S3. The van der Waals surface area contributed by atoms with Crippen LogP contribution in [0.15, 0.2) is 106 Å². The number of nitrogens with zero attached hydrogens (tertiary/aromatic N) is 7. The van der Waals surface area contributed by atoms with Crippen LogP contribution >= 0.6 is 11.8 Å². The lowest BCUT2D eigenvalue weighted by Crippen LogP contribution is -2.55. The van der Waals surface area contributed by atoms with Gasteiger partial charge >= 0.3 is 23.5 Å². The molecule has 0 spiro atoms. The largest absolute Gasteiger partial charge is 0.505 e. The van der Waals surface area contributed by atoms with Gasteiger partial charge in [0, 0.05) is 120 Å². The second kappa shape index (κ2) is 53.9. The van der Waals surface area contributed by atoms with Gasteiger partial charge in [0.25, 0.3) is 12.9 Å². The van der Waals surface area contributed by atoms with Gasteiger partial charge in [0.15, 0.2) is 28.6 Å². The second-order valence-electron chi connectivity index (χ2n) is 30.6. The number of unbranched alkanes of at least 4 members (excludes halogenated alkanes) is 2. The van der Waals surface area contributed by atoms with Crippen molar-refractivity contribution >= 4 is 164 Å². The Balaban J connectivity index is 0.00000748. The molecule has 3 aliphatic heterocycles. The van der Waals surface area contributed by atoms with E-state index in [0.29, 0.717) is 67.1 Å². The van der Waals surface area contributed by atoms with Gasteiger partial charge in [-0.2, -0.15) is 13.5 Å². The molecule has 5 aromatic carbocycles. The lowest BCUT2D eigenvalue weighted by molar-refractivity contribution is -0.141.